The Balaban J connectivity index is 1.91. The van der Waals surface area contributed by atoms with E-state index in [-0.39, 0.29) is 11.6 Å². The molecule has 2 aliphatic rings. The van der Waals surface area contributed by atoms with Crippen LogP contribution < -0.4 is 5.73 Å². The van der Waals surface area contributed by atoms with Crippen molar-refractivity contribution in [3.63, 3.8) is 0 Å². The second-order valence-electron chi connectivity index (χ2n) is 5.92. The first kappa shape index (κ1) is 14.5. The molecule has 0 aromatic carbocycles. The Labute approximate surface area is 113 Å². The quantitative estimate of drug-likeness (QED) is 0.855. The predicted molar refractivity (Wildman–Crippen MR) is 76.1 cm³/mol. The van der Waals surface area contributed by atoms with Crippen molar-refractivity contribution >= 4 is 10.8 Å². The molecule has 0 aromatic rings. The highest BCUT2D eigenvalue weighted by molar-refractivity contribution is 7.85. The van der Waals surface area contributed by atoms with E-state index in [0.717, 1.165) is 25.9 Å². The van der Waals surface area contributed by atoms with E-state index in [1.165, 1.54) is 32.1 Å². The maximum Gasteiger partial charge on any atom is 0.0694 e. The van der Waals surface area contributed by atoms with Crippen LogP contribution in [0.2, 0.25) is 0 Å². The molecule has 4 heteroatoms. The molecule has 2 N–H and O–H groups in total. The standard InChI is InChI=1S/C14H27NO2S/c1-2-12(15)11-18(16)13-6-9-17-14(10-13)7-4-3-5-8-14/h12-13H,2-11,15H2,1H3. The van der Waals surface area contributed by atoms with Gasteiger partial charge < -0.3 is 10.5 Å². The van der Waals surface area contributed by atoms with Gasteiger partial charge in [-0.05, 0) is 32.1 Å². The molecule has 1 saturated heterocycles. The number of hydrogen-bond acceptors (Lipinski definition) is 3. The molecule has 3 nitrogen and oxygen atoms in total. The molecule has 2 fully saturated rings. The molecule has 2 rings (SSSR count). The van der Waals surface area contributed by atoms with E-state index >= 15 is 0 Å². The van der Waals surface area contributed by atoms with E-state index in [2.05, 4.69) is 6.92 Å². The maximum absolute atomic E-state index is 12.4. The van der Waals surface area contributed by atoms with E-state index < -0.39 is 10.8 Å². The van der Waals surface area contributed by atoms with Crippen molar-refractivity contribution in [1.29, 1.82) is 0 Å². The molecule has 0 amide bonds. The molecular formula is C14H27NO2S. The third kappa shape index (κ3) is 3.55. The minimum atomic E-state index is -0.769. The Hall–Kier alpha value is 0.0700. The first-order valence-electron chi connectivity index (χ1n) is 7.42. The summed E-state index contributed by atoms with van der Waals surface area (Å²) in [7, 11) is -0.769. The van der Waals surface area contributed by atoms with Crippen LogP contribution in [-0.4, -0.2) is 33.5 Å². The molecule has 3 unspecified atom stereocenters. The topological polar surface area (TPSA) is 52.3 Å². The van der Waals surface area contributed by atoms with Gasteiger partial charge >= 0.3 is 0 Å². The van der Waals surface area contributed by atoms with Crippen molar-refractivity contribution in [3.05, 3.63) is 0 Å². The second kappa shape index (κ2) is 6.49. The molecule has 18 heavy (non-hydrogen) atoms. The normalized spacial score (nSPS) is 31.1. The summed E-state index contributed by atoms with van der Waals surface area (Å²) in [6, 6.07) is 0.0935. The zero-order valence-electron chi connectivity index (χ0n) is 11.5. The van der Waals surface area contributed by atoms with E-state index in [4.69, 9.17) is 10.5 Å². The molecule has 106 valence electrons. The number of nitrogens with two attached hydrogens (primary N) is 1. The van der Waals surface area contributed by atoms with Crippen LogP contribution in [0, 0.1) is 0 Å². The van der Waals surface area contributed by atoms with Crippen LogP contribution in [0.1, 0.15) is 58.3 Å². The van der Waals surface area contributed by atoms with Crippen molar-refractivity contribution in [2.75, 3.05) is 12.4 Å². The number of hydrogen-bond donors (Lipinski definition) is 1. The van der Waals surface area contributed by atoms with Crippen molar-refractivity contribution < 1.29 is 8.95 Å². The molecule has 0 bridgehead atoms. The van der Waals surface area contributed by atoms with Crippen molar-refractivity contribution in [2.24, 2.45) is 5.73 Å². The maximum atomic E-state index is 12.4. The highest BCUT2D eigenvalue weighted by Crippen LogP contribution is 2.39. The van der Waals surface area contributed by atoms with E-state index in [1.807, 2.05) is 0 Å². The van der Waals surface area contributed by atoms with Crippen LogP contribution in [-0.2, 0) is 15.5 Å². The van der Waals surface area contributed by atoms with Gasteiger partial charge in [0.15, 0.2) is 0 Å². The lowest BCUT2D eigenvalue weighted by atomic mass is 9.80. The van der Waals surface area contributed by atoms with Gasteiger partial charge in [0, 0.05) is 34.5 Å². The van der Waals surface area contributed by atoms with Crippen LogP contribution in [0.15, 0.2) is 0 Å². The molecule has 0 radical (unpaired) electrons. The largest absolute Gasteiger partial charge is 0.375 e. The van der Waals surface area contributed by atoms with Gasteiger partial charge in [-0.15, -0.1) is 0 Å². The Kier molecular flexibility index (Phi) is 5.22. The third-order valence-corrected chi connectivity index (χ3v) is 6.39. The van der Waals surface area contributed by atoms with Crippen LogP contribution in [0.5, 0.6) is 0 Å². The van der Waals surface area contributed by atoms with Crippen LogP contribution in [0.3, 0.4) is 0 Å². The van der Waals surface area contributed by atoms with E-state index in [0.29, 0.717) is 11.0 Å². The second-order valence-corrected chi connectivity index (χ2v) is 7.68. The average molecular weight is 273 g/mol. The van der Waals surface area contributed by atoms with E-state index in [1.54, 1.807) is 0 Å². The zero-order chi connectivity index (χ0) is 13.0. The molecule has 0 aromatic heterocycles. The fourth-order valence-electron chi connectivity index (χ4n) is 3.22. The molecule has 1 spiro atoms. The number of ether oxygens (including phenoxy) is 1. The molecule has 1 saturated carbocycles. The van der Waals surface area contributed by atoms with Gasteiger partial charge in [-0.25, -0.2) is 0 Å². The molecule has 1 aliphatic heterocycles. The summed E-state index contributed by atoms with van der Waals surface area (Å²) in [5, 5.41) is 0.314. The summed E-state index contributed by atoms with van der Waals surface area (Å²) in [5.41, 5.74) is 5.99. The summed E-state index contributed by atoms with van der Waals surface area (Å²) in [4.78, 5) is 0. The third-order valence-electron chi connectivity index (χ3n) is 4.49. The van der Waals surface area contributed by atoms with Gasteiger partial charge in [-0.3, -0.25) is 4.21 Å². The minimum absolute atomic E-state index is 0.0626. The van der Waals surface area contributed by atoms with Crippen LogP contribution >= 0.6 is 0 Å². The Morgan fingerprint density at radius 2 is 2.11 bits per heavy atom. The first-order valence-corrected chi connectivity index (χ1v) is 8.80. The monoisotopic (exact) mass is 273 g/mol. The highest BCUT2D eigenvalue weighted by Gasteiger charge is 2.40. The molecule has 1 heterocycles. The first-order chi connectivity index (χ1) is 8.65. The minimum Gasteiger partial charge on any atom is -0.375 e. The van der Waals surface area contributed by atoms with Gasteiger partial charge in [0.05, 0.1) is 5.60 Å². The zero-order valence-corrected chi connectivity index (χ0v) is 12.3. The summed E-state index contributed by atoms with van der Waals surface area (Å²) < 4.78 is 18.4. The van der Waals surface area contributed by atoms with Crippen molar-refractivity contribution in [1.82, 2.24) is 0 Å². The summed E-state index contributed by atoms with van der Waals surface area (Å²) in [6.07, 6.45) is 9.07. The van der Waals surface area contributed by atoms with Gasteiger partial charge in [0.2, 0.25) is 0 Å². The highest BCUT2D eigenvalue weighted by atomic mass is 32.2. The predicted octanol–water partition coefficient (Wildman–Crippen LogP) is 2.35. The molecule has 3 atom stereocenters. The van der Waals surface area contributed by atoms with E-state index in [9.17, 15) is 4.21 Å². The SMILES string of the molecule is CCC(N)CS(=O)C1CCOC2(CCCCC2)C1. The lowest BCUT2D eigenvalue weighted by molar-refractivity contribution is -0.0975. The average Bonchev–Trinajstić information content (AvgIpc) is 2.39. The fraction of sp³-hybridized carbons (Fsp3) is 1.00. The van der Waals surface area contributed by atoms with Gasteiger partial charge in [-0.2, -0.15) is 0 Å². The summed E-state index contributed by atoms with van der Waals surface area (Å²) in [5.74, 6) is 0.664. The smallest absolute Gasteiger partial charge is 0.0694 e. The lowest BCUT2D eigenvalue weighted by Gasteiger charge is -2.43. The van der Waals surface area contributed by atoms with Gasteiger partial charge in [0.25, 0.3) is 0 Å². The Bertz CT molecular complexity index is 284. The lowest BCUT2D eigenvalue weighted by Crippen LogP contribution is -2.45. The van der Waals surface area contributed by atoms with Crippen LogP contribution in [0.4, 0.5) is 0 Å². The van der Waals surface area contributed by atoms with Gasteiger partial charge in [0.1, 0.15) is 0 Å². The summed E-state index contributed by atoms with van der Waals surface area (Å²) >= 11 is 0. The van der Waals surface area contributed by atoms with Crippen LogP contribution in [0.25, 0.3) is 0 Å². The van der Waals surface area contributed by atoms with Crippen molar-refractivity contribution in [2.45, 2.75) is 75.2 Å². The molecular weight excluding hydrogens is 246 g/mol. The Morgan fingerprint density at radius 3 is 2.78 bits per heavy atom. The molecule has 1 aliphatic carbocycles. The summed E-state index contributed by atoms with van der Waals surface area (Å²) in [6.45, 7) is 2.85. The fourth-order valence-corrected chi connectivity index (χ4v) is 5.00. The Morgan fingerprint density at radius 1 is 1.39 bits per heavy atom. The van der Waals surface area contributed by atoms with Gasteiger partial charge in [-0.1, -0.05) is 26.2 Å². The number of rotatable bonds is 4. The van der Waals surface area contributed by atoms with Crippen molar-refractivity contribution in [3.8, 4) is 0 Å².